The minimum atomic E-state index is -0.297. The van der Waals surface area contributed by atoms with Crippen LogP contribution >= 0.6 is 0 Å². The van der Waals surface area contributed by atoms with Gasteiger partial charge in [0.1, 0.15) is 0 Å². The highest BCUT2D eigenvalue weighted by Crippen LogP contribution is 2.28. The summed E-state index contributed by atoms with van der Waals surface area (Å²) in [6.45, 7) is 10.5. The smallest absolute Gasteiger partial charge is 0.310 e. The van der Waals surface area contributed by atoms with Crippen LogP contribution in [-0.4, -0.2) is 9.97 Å². The zero-order valence-electron chi connectivity index (χ0n) is 12.2. The summed E-state index contributed by atoms with van der Waals surface area (Å²) in [4.78, 5) is 18.2. The lowest BCUT2D eigenvalue weighted by atomic mass is 9.85. The number of benzene rings is 1. The van der Waals surface area contributed by atoms with E-state index in [2.05, 4.69) is 55.9 Å². The van der Waals surface area contributed by atoms with Crippen LogP contribution in [0.2, 0.25) is 0 Å². The first kappa shape index (κ1) is 13.5. The van der Waals surface area contributed by atoms with Crippen molar-refractivity contribution in [3.8, 4) is 11.3 Å². The van der Waals surface area contributed by atoms with E-state index in [-0.39, 0.29) is 11.1 Å². The van der Waals surface area contributed by atoms with Crippen molar-refractivity contribution < 1.29 is 0 Å². The molecule has 0 radical (unpaired) electrons. The van der Waals surface area contributed by atoms with Gasteiger partial charge >= 0.3 is 5.69 Å². The van der Waals surface area contributed by atoms with Crippen LogP contribution in [0.4, 0.5) is 0 Å². The van der Waals surface area contributed by atoms with E-state index < -0.39 is 0 Å². The van der Waals surface area contributed by atoms with E-state index >= 15 is 0 Å². The summed E-state index contributed by atoms with van der Waals surface area (Å²) in [6.07, 6.45) is 0. The Bertz CT molecular complexity index is 663. The predicted molar refractivity (Wildman–Crippen MR) is 78.5 cm³/mol. The topological polar surface area (TPSA) is 45.8 Å². The van der Waals surface area contributed by atoms with E-state index in [9.17, 15) is 4.79 Å². The highest BCUT2D eigenvalue weighted by atomic mass is 16.1. The van der Waals surface area contributed by atoms with Gasteiger partial charge in [0.25, 0.3) is 0 Å². The molecule has 1 N–H and O–H groups in total. The normalized spacial score (nSPS) is 11.6. The number of nitrogens with one attached hydrogen (secondary N) is 1. The van der Waals surface area contributed by atoms with Gasteiger partial charge in [-0.05, 0) is 36.5 Å². The zero-order chi connectivity index (χ0) is 14.2. The van der Waals surface area contributed by atoms with Gasteiger partial charge < -0.3 is 4.98 Å². The van der Waals surface area contributed by atoms with Gasteiger partial charge in [-0.25, -0.2) is 4.79 Å². The molecule has 0 bridgehead atoms. The number of nitrogens with zero attached hydrogens (tertiary/aromatic N) is 1. The first-order valence-corrected chi connectivity index (χ1v) is 6.47. The molecule has 3 heteroatoms. The average molecular weight is 256 g/mol. The number of H-pyrrole nitrogens is 1. The molecule has 0 amide bonds. The molecular formula is C16H20N2O. The molecule has 2 aromatic rings. The molecule has 3 nitrogen and oxygen atoms in total. The zero-order valence-corrected chi connectivity index (χ0v) is 12.2. The summed E-state index contributed by atoms with van der Waals surface area (Å²) < 4.78 is 0. The highest BCUT2D eigenvalue weighted by Gasteiger charge is 2.15. The molecule has 0 aliphatic carbocycles. The second-order valence-electron chi connectivity index (χ2n) is 6.03. The summed E-state index contributed by atoms with van der Waals surface area (Å²) in [5, 5.41) is 0. The first-order valence-electron chi connectivity index (χ1n) is 6.47. The fraction of sp³-hybridized carbons (Fsp3) is 0.375. The third-order valence-electron chi connectivity index (χ3n) is 3.25. The van der Waals surface area contributed by atoms with Crippen LogP contribution in [0.5, 0.6) is 0 Å². The molecule has 0 aliphatic heterocycles. The van der Waals surface area contributed by atoms with Gasteiger partial charge in [0.2, 0.25) is 0 Å². The van der Waals surface area contributed by atoms with Crippen molar-refractivity contribution in [3.63, 3.8) is 0 Å². The van der Waals surface area contributed by atoms with Gasteiger partial charge in [0.05, 0.1) is 5.69 Å². The molecule has 1 aromatic heterocycles. The maximum absolute atomic E-state index is 11.5. The standard InChI is InChI=1S/C16H20N2O/c1-10-8-12(16(3,4)5)6-7-13(10)14-9-11(2)17-15(19)18-14/h6-9H,1-5H3,(H,17,18,19). The Morgan fingerprint density at radius 3 is 2.32 bits per heavy atom. The van der Waals surface area contributed by atoms with Gasteiger partial charge in [-0.2, -0.15) is 4.98 Å². The summed E-state index contributed by atoms with van der Waals surface area (Å²) in [5.74, 6) is 0. The van der Waals surface area contributed by atoms with E-state index in [0.717, 1.165) is 22.5 Å². The molecular weight excluding hydrogens is 236 g/mol. The maximum Gasteiger partial charge on any atom is 0.345 e. The monoisotopic (exact) mass is 256 g/mol. The van der Waals surface area contributed by atoms with Crippen LogP contribution in [0.1, 0.15) is 37.6 Å². The number of rotatable bonds is 1. The quantitative estimate of drug-likeness (QED) is 0.850. The summed E-state index contributed by atoms with van der Waals surface area (Å²) in [7, 11) is 0. The summed E-state index contributed by atoms with van der Waals surface area (Å²) >= 11 is 0. The predicted octanol–water partition coefficient (Wildman–Crippen LogP) is 3.35. The van der Waals surface area contributed by atoms with Gasteiger partial charge in [-0.3, -0.25) is 0 Å². The Balaban J connectivity index is 2.55. The van der Waals surface area contributed by atoms with E-state index in [1.807, 2.05) is 13.0 Å². The lowest BCUT2D eigenvalue weighted by Crippen LogP contribution is -2.13. The average Bonchev–Trinajstić information content (AvgIpc) is 2.26. The SMILES string of the molecule is Cc1cc(-c2ccc(C(C)(C)C)cc2C)nc(=O)[nH]1. The van der Waals surface area contributed by atoms with Crippen LogP contribution in [0.15, 0.2) is 29.1 Å². The van der Waals surface area contributed by atoms with E-state index in [1.54, 1.807) is 0 Å². The summed E-state index contributed by atoms with van der Waals surface area (Å²) in [5.41, 5.74) is 4.84. The lowest BCUT2D eigenvalue weighted by molar-refractivity contribution is 0.590. The maximum atomic E-state index is 11.5. The van der Waals surface area contributed by atoms with E-state index in [1.165, 1.54) is 5.56 Å². The molecule has 2 rings (SSSR count). The number of aromatic amines is 1. The largest absolute Gasteiger partial charge is 0.345 e. The fourth-order valence-corrected chi connectivity index (χ4v) is 2.14. The lowest BCUT2D eigenvalue weighted by Gasteiger charge is -2.20. The van der Waals surface area contributed by atoms with Gasteiger partial charge in [0.15, 0.2) is 0 Å². The molecule has 0 unspecified atom stereocenters. The Labute approximate surface area is 113 Å². The molecule has 0 atom stereocenters. The van der Waals surface area contributed by atoms with Crippen LogP contribution < -0.4 is 5.69 Å². The van der Waals surface area contributed by atoms with Gasteiger partial charge in [-0.15, -0.1) is 0 Å². The molecule has 0 aliphatic rings. The molecule has 100 valence electrons. The van der Waals surface area contributed by atoms with Crippen molar-refractivity contribution in [1.82, 2.24) is 9.97 Å². The third-order valence-corrected chi connectivity index (χ3v) is 3.25. The Kier molecular flexibility index (Phi) is 3.31. The number of hydrogen-bond acceptors (Lipinski definition) is 2. The summed E-state index contributed by atoms with van der Waals surface area (Å²) in [6, 6.07) is 8.24. The van der Waals surface area contributed by atoms with Gasteiger partial charge in [0, 0.05) is 11.3 Å². The van der Waals surface area contributed by atoms with Crippen LogP contribution in [0.3, 0.4) is 0 Å². The molecule has 0 saturated carbocycles. The van der Waals surface area contributed by atoms with Crippen molar-refractivity contribution >= 4 is 0 Å². The molecule has 1 aromatic carbocycles. The fourth-order valence-electron chi connectivity index (χ4n) is 2.14. The molecule has 1 heterocycles. The van der Waals surface area contributed by atoms with Crippen LogP contribution in [0, 0.1) is 13.8 Å². The molecule has 0 spiro atoms. The Morgan fingerprint density at radius 2 is 1.79 bits per heavy atom. The molecule has 0 saturated heterocycles. The first-order chi connectivity index (χ1) is 8.77. The Hall–Kier alpha value is -1.90. The number of aromatic nitrogens is 2. The van der Waals surface area contributed by atoms with Crippen molar-refractivity contribution in [1.29, 1.82) is 0 Å². The second kappa shape index (κ2) is 4.65. The van der Waals surface area contributed by atoms with Crippen molar-refractivity contribution in [2.45, 2.75) is 40.0 Å². The number of hydrogen-bond donors (Lipinski definition) is 1. The molecule has 19 heavy (non-hydrogen) atoms. The third kappa shape index (κ3) is 2.92. The second-order valence-corrected chi connectivity index (χ2v) is 6.03. The Morgan fingerprint density at radius 1 is 1.11 bits per heavy atom. The van der Waals surface area contributed by atoms with Crippen LogP contribution in [0.25, 0.3) is 11.3 Å². The van der Waals surface area contributed by atoms with Crippen molar-refractivity contribution in [2.75, 3.05) is 0 Å². The van der Waals surface area contributed by atoms with Crippen LogP contribution in [-0.2, 0) is 5.41 Å². The molecule has 0 fully saturated rings. The minimum absolute atomic E-state index is 0.126. The minimum Gasteiger partial charge on any atom is -0.310 e. The van der Waals surface area contributed by atoms with Crippen molar-refractivity contribution in [3.05, 3.63) is 51.6 Å². The van der Waals surface area contributed by atoms with E-state index in [0.29, 0.717) is 0 Å². The van der Waals surface area contributed by atoms with E-state index in [4.69, 9.17) is 0 Å². The number of aryl methyl sites for hydroxylation is 2. The highest BCUT2D eigenvalue weighted by molar-refractivity contribution is 5.64. The van der Waals surface area contributed by atoms with Crippen molar-refractivity contribution in [2.24, 2.45) is 0 Å². The van der Waals surface area contributed by atoms with Gasteiger partial charge in [-0.1, -0.05) is 39.0 Å².